The van der Waals surface area contributed by atoms with Crippen molar-refractivity contribution in [1.82, 2.24) is 14.8 Å². The van der Waals surface area contributed by atoms with Crippen LogP contribution >= 0.6 is 23.4 Å². The Morgan fingerprint density at radius 1 is 1.07 bits per heavy atom. The first-order valence-corrected chi connectivity index (χ1v) is 11.0. The van der Waals surface area contributed by atoms with Crippen molar-refractivity contribution in [2.75, 3.05) is 11.1 Å². The number of hydrogen-bond acceptors (Lipinski definition) is 4. The van der Waals surface area contributed by atoms with E-state index in [2.05, 4.69) is 58.2 Å². The van der Waals surface area contributed by atoms with Crippen LogP contribution in [0.2, 0.25) is 5.02 Å². The second-order valence-electron chi connectivity index (χ2n) is 7.23. The lowest BCUT2D eigenvalue weighted by molar-refractivity contribution is -0.113. The van der Waals surface area contributed by atoms with E-state index >= 15 is 0 Å². The van der Waals surface area contributed by atoms with Gasteiger partial charge >= 0.3 is 0 Å². The van der Waals surface area contributed by atoms with E-state index in [1.807, 2.05) is 6.07 Å². The molecule has 0 saturated carbocycles. The van der Waals surface area contributed by atoms with Crippen LogP contribution in [-0.2, 0) is 24.2 Å². The zero-order chi connectivity index (χ0) is 20.6. The number of nitrogens with zero attached hydrogens (tertiary/aromatic N) is 3. The number of anilines is 1. The second-order valence-corrected chi connectivity index (χ2v) is 8.61. The fourth-order valence-electron chi connectivity index (χ4n) is 2.92. The first kappa shape index (κ1) is 21.4. The molecular weight excluding hydrogens is 404 g/mol. The minimum absolute atomic E-state index is 0.0812. The molecule has 0 aliphatic heterocycles. The van der Waals surface area contributed by atoms with Gasteiger partial charge in [0.2, 0.25) is 5.91 Å². The van der Waals surface area contributed by atoms with E-state index in [9.17, 15) is 4.79 Å². The van der Waals surface area contributed by atoms with Crippen LogP contribution in [0.15, 0.2) is 59.8 Å². The van der Waals surface area contributed by atoms with Gasteiger partial charge in [-0.25, -0.2) is 0 Å². The molecule has 0 spiro atoms. The Labute approximate surface area is 180 Å². The summed E-state index contributed by atoms with van der Waals surface area (Å²) < 4.78 is 2.15. The van der Waals surface area contributed by atoms with Gasteiger partial charge in [0.25, 0.3) is 0 Å². The highest BCUT2D eigenvalue weighted by Gasteiger charge is 2.15. The average molecular weight is 429 g/mol. The van der Waals surface area contributed by atoms with Gasteiger partial charge in [-0.2, -0.15) is 0 Å². The van der Waals surface area contributed by atoms with Gasteiger partial charge < -0.3 is 9.88 Å². The predicted octanol–water partition coefficient (Wildman–Crippen LogP) is 5.10. The van der Waals surface area contributed by atoms with Crippen LogP contribution in [0.5, 0.6) is 0 Å². The summed E-state index contributed by atoms with van der Waals surface area (Å²) in [7, 11) is 0. The smallest absolute Gasteiger partial charge is 0.234 e. The third-order valence-electron chi connectivity index (χ3n) is 4.28. The summed E-state index contributed by atoms with van der Waals surface area (Å²) in [6.45, 7) is 5.17. The quantitative estimate of drug-likeness (QED) is 0.481. The van der Waals surface area contributed by atoms with Crippen molar-refractivity contribution in [3.63, 3.8) is 0 Å². The molecule has 5 nitrogen and oxygen atoms in total. The fraction of sp³-hybridized carbons (Fsp3) is 0.318. The van der Waals surface area contributed by atoms with Gasteiger partial charge in [-0.1, -0.05) is 67.5 Å². The molecule has 2 aromatic carbocycles. The number of halogens is 1. The fourth-order valence-corrected chi connectivity index (χ4v) is 3.81. The van der Waals surface area contributed by atoms with E-state index < -0.39 is 0 Å². The van der Waals surface area contributed by atoms with Crippen molar-refractivity contribution in [3.05, 3.63) is 71.0 Å². The molecule has 0 unspecified atom stereocenters. The molecule has 0 fully saturated rings. The Bertz CT molecular complexity index is 926. The lowest BCUT2D eigenvalue weighted by atomic mass is 10.1. The predicted molar refractivity (Wildman–Crippen MR) is 120 cm³/mol. The zero-order valence-corrected chi connectivity index (χ0v) is 18.2. The van der Waals surface area contributed by atoms with Crippen LogP contribution in [0.3, 0.4) is 0 Å². The van der Waals surface area contributed by atoms with Gasteiger partial charge in [0.15, 0.2) is 5.16 Å². The molecule has 0 atom stereocenters. The third kappa shape index (κ3) is 6.61. The van der Waals surface area contributed by atoms with Gasteiger partial charge in [0, 0.05) is 23.7 Å². The number of amides is 1. The van der Waals surface area contributed by atoms with Gasteiger partial charge in [-0.3, -0.25) is 4.79 Å². The van der Waals surface area contributed by atoms with Gasteiger partial charge in [0.1, 0.15) is 5.82 Å². The van der Waals surface area contributed by atoms with Crippen LogP contribution in [-0.4, -0.2) is 26.4 Å². The molecule has 3 rings (SSSR count). The Balaban J connectivity index is 1.62. The minimum Gasteiger partial charge on any atom is -0.325 e. The Morgan fingerprint density at radius 2 is 1.79 bits per heavy atom. The number of carbonyl (C=O) groups is 1. The highest BCUT2D eigenvalue weighted by molar-refractivity contribution is 7.99. The van der Waals surface area contributed by atoms with Crippen LogP contribution in [0.25, 0.3) is 0 Å². The molecule has 0 saturated heterocycles. The SMILES string of the molecule is CC(C)Cn1c(CCc2ccccc2)nnc1SCC(=O)Nc1ccc(Cl)cc1. The largest absolute Gasteiger partial charge is 0.325 e. The number of hydrogen-bond donors (Lipinski definition) is 1. The average Bonchev–Trinajstić information content (AvgIpc) is 3.08. The Kier molecular flexibility index (Phi) is 7.72. The number of aryl methyl sites for hydroxylation is 2. The molecule has 7 heteroatoms. The van der Waals surface area contributed by atoms with E-state index in [1.54, 1.807) is 24.3 Å². The first-order valence-electron chi connectivity index (χ1n) is 9.65. The van der Waals surface area contributed by atoms with E-state index in [0.717, 1.165) is 36.1 Å². The van der Waals surface area contributed by atoms with Gasteiger partial charge in [-0.15, -0.1) is 10.2 Å². The van der Waals surface area contributed by atoms with Crippen LogP contribution in [0, 0.1) is 5.92 Å². The van der Waals surface area contributed by atoms with E-state index in [0.29, 0.717) is 10.9 Å². The monoisotopic (exact) mass is 428 g/mol. The summed E-state index contributed by atoms with van der Waals surface area (Å²) in [6.07, 6.45) is 1.74. The zero-order valence-electron chi connectivity index (χ0n) is 16.6. The minimum atomic E-state index is -0.0812. The first-order chi connectivity index (χ1) is 14.0. The van der Waals surface area contributed by atoms with Crippen molar-refractivity contribution in [2.24, 2.45) is 5.92 Å². The summed E-state index contributed by atoms with van der Waals surface area (Å²) in [5, 5.41) is 13.1. The standard InChI is InChI=1S/C22H25ClN4OS/c1-16(2)14-27-20(13-8-17-6-4-3-5-7-17)25-26-22(27)29-15-21(28)24-19-11-9-18(23)10-12-19/h3-7,9-12,16H,8,13-15H2,1-2H3,(H,24,28). The Morgan fingerprint density at radius 3 is 2.48 bits per heavy atom. The molecule has 1 aromatic heterocycles. The highest BCUT2D eigenvalue weighted by Crippen LogP contribution is 2.21. The normalized spacial score (nSPS) is 11.0. The summed E-state index contributed by atoms with van der Waals surface area (Å²) in [5.74, 6) is 1.62. The van der Waals surface area contributed by atoms with E-state index in [4.69, 9.17) is 11.6 Å². The topological polar surface area (TPSA) is 59.8 Å². The molecule has 1 heterocycles. The van der Waals surface area contributed by atoms with Crippen molar-refractivity contribution >= 4 is 35.0 Å². The molecule has 0 radical (unpaired) electrons. The molecule has 3 aromatic rings. The number of thioether (sulfide) groups is 1. The van der Waals surface area contributed by atoms with Gasteiger partial charge in [-0.05, 0) is 42.2 Å². The molecule has 1 N–H and O–H groups in total. The molecular formula is C22H25ClN4OS. The molecule has 152 valence electrons. The third-order valence-corrected chi connectivity index (χ3v) is 5.50. The second kappa shape index (κ2) is 10.5. The summed E-state index contributed by atoms with van der Waals surface area (Å²) in [5.41, 5.74) is 2.01. The van der Waals surface area contributed by atoms with Crippen molar-refractivity contribution in [1.29, 1.82) is 0 Å². The summed E-state index contributed by atoms with van der Waals surface area (Å²) in [4.78, 5) is 12.3. The maximum absolute atomic E-state index is 12.3. The number of aromatic nitrogens is 3. The van der Waals surface area contributed by atoms with Crippen LogP contribution < -0.4 is 5.32 Å². The van der Waals surface area contributed by atoms with Crippen molar-refractivity contribution in [2.45, 2.75) is 38.4 Å². The Hall–Kier alpha value is -2.31. The van der Waals surface area contributed by atoms with E-state index in [1.165, 1.54) is 17.3 Å². The number of rotatable bonds is 9. The lowest BCUT2D eigenvalue weighted by Crippen LogP contribution is -2.15. The molecule has 1 amide bonds. The van der Waals surface area contributed by atoms with Crippen LogP contribution in [0.4, 0.5) is 5.69 Å². The maximum Gasteiger partial charge on any atom is 0.234 e. The molecule has 0 aliphatic rings. The number of carbonyl (C=O) groups excluding carboxylic acids is 1. The number of benzene rings is 2. The van der Waals surface area contributed by atoms with Crippen molar-refractivity contribution in [3.8, 4) is 0 Å². The van der Waals surface area contributed by atoms with Crippen molar-refractivity contribution < 1.29 is 4.79 Å². The molecule has 29 heavy (non-hydrogen) atoms. The van der Waals surface area contributed by atoms with Gasteiger partial charge in [0.05, 0.1) is 5.75 Å². The summed E-state index contributed by atoms with van der Waals surface area (Å²) in [6, 6.07) is 17.4. The lowest BCUT2D eigenvalue weighted by Gasteiger charge is -2.12. The molecule has 0 aliphatic carbocycles. The number of nitrogens with one attached hydrogen (secondary N) is 1. The van der Waals surface area contributed by atoms with E-state index in [-0.39, 0.29) is 11.7 Å². The molecule has 0 bridgehead atoms. The van der Waals surface area contributed by atoms with Crippen LogP contribution in [0.1, 0.15) is 25.2 Å². The summed E-state index contributed by atoms with van der Waals surface area (Å²) >= 11 is 7.29. The highest BCUT2D eigenvalue weighted by atomic mass is 35.5. The maximum atomic E-state index is 12.3.